The van der Waals surface area contributed by atoms with Crippen LogP contribution in [0.5, 0.6) is 0 Å². The first-order chi connectivity index (χ1) is 15.1. The lowest BCUT2D eigenvalue weighted by Gasteiger charge is -2.10. The van der Waals surface area contributed by atoms with Crippen LogP contribution in [0.1, 0.15) is 5.56 Å². The number of hydrogen-bond acceptors (Lipinski definition) is 5. The van der Waals surface area contributed by atoms with Crippen molar-refractivity contribution >= 4 is 35.0 Å². The molecule has 0 fully saturated rings. The van der Waals surface area contributed by atoms with E-state index in [2.05, 4.69) is 21.6 Å². The van der Waals surface area contributed by atoms with E-state index in [0.29, 0.717) is 27.3 Å². The number of rotatable bonds is 6. The minimum absolute atomic E-state index is 0.141. The molecule has 1 amide bonds. The summed E-state index contributed by atoms with van der Waals surface area (Å²) < 4.78 is 1.91. The van der Waals surface area contributed by atoms with Crippen LogP contribution in [0.15, 0.2) is 84.0 Å². The summed E-state index contributed by atoms with van der Waals surface area (Å²) in [4.78, 5) is 12.5. The molecule has 0 bridgehead atoms. The molecule has 0 saturated heterocycles. The van der Waals surface area contributed by atoms with E-state index in [0.717, 1.165) is 11.3 Å². The maximum Gasteiger partial charge on any atom is 0.234 e. The Labute approximate surface area is 188 Å². The van der Waals surface area contributed by atoms with Crippen molar-refractivity contribution in [3.05, 3.63) is 89.4 Å². The van der Waals surface area contributed by atoms with Crippen molar-refractivity contribution in [2.24, 2.45) is 0 Å². The highest BCUT2D eigenvalue weighted by atomic mass is 35.5. The third-order valence-corrected chi connectivity index (χ3v) is 5.54. The van der Waals surface area contributed by atoms with Gasteiger partial charge >= 0.3 is 0 Å². The maximum atomic E-state index is 12.5. The van der Waals surface area contributed by atoms with Gasteiger partial charge in [-0.05, 0) is 54.6 Å². The highest BCUT2D eigenvalue weighted by molar-refractivity contribution is 7.99. The number of amides is 1. The monoisotopic (exact) mass is 445 g/mol. The summed E-state index contributed by atoms with van der Waals surface area (Å²) >= 11 is 7.31. The van der Waals surface area contributed by atoms with Crippen LogP contribution in [-0.2, 0) is 4.79 Å². The first-order valence-electron chi connectivity index (χ1n) is 9.33. The normalized spacial score (nSPS) is 10.5. The number of thioether (sulfide) groups is 1. The van der Waals surface area contributed by atoms with Gasteiger partial charge in [-0.15, -0.1) is 10.2 Å². The molecule has 1 heterocycles. The second-order valence-corrected chi connectivity index (χ2v) is 7.89. The van der Waals surface area contributed by atoms with Gasteiger partial charge < -0.3 is 5.32 Å². The molecule has 6 nitrogen and oxygen atoms in total. The van der Waals surface area contributed by atoms with E-state index >= 15 is 0 Å². The average Bonchev–Trinajstić information content (AvgIpc) is 3.23. The van der Waals surface area contributed by atoms with Gasteiger partial charge in [0, 0.05) is 22.0 Å². The molecule has 1 aromatic heterocycles. The van der Waals surface area contributed by atoms with E-state index in [9.17, 15) is 4.79 Å². The number of halogens is 1. The number of nitrogens with one attached hydrogen (secondary N) is 1. The number of hydrogen-bond donors (Lipinski definition) is 1. The van der Waals surface area contributed by atoms with E-state index in [1.165, 1.54) is 11.8 Å². The third kappa shape index (κ3) is 4.94. The van der Waals surface area contributed by atoms with E-state index in [4.69, 9.17) is 16.9 Å². The molecule has 0 atom stereocenters. The van der Waals surface area contributed by atoms with Crippen molar-refractivity contribution in [3.8, 4) is 23.1 Å². The topological polar surface area (TPSA) is 83.6 Å². The Morgan fingerprint density at radius 3 is 2.55 bits per heavy atom. The highest BCUT2D eigenvalue weighted by Gasteiger charge is 2.17. The van der Waals surface area contributed by atoms with Crippen LogP contribution in [0.4, 0.5) is 5.69 Å². The zero-order chi connectivity index (χ0) is 21.6. The number of carbonyl (C=O) groups excluding carboxylic acids is 1. The quantitative estimate of drug-likeness (QED) is 0.413. The molecule has 152 valence electrons. The molecule has 0 radical (unpaired) electrons. The van der Waals surface area contributed by atoms with Crippen molar-refractivity contribution < 1.29 is 4.79 Å². The van der Waals surface area contributed by atoms with Crippen LogP contribution in [0.3, 0.4) is 0 Å². The van der Waals surface area contributed by atoms with Gasteiger partial charge in [-0.2, -0.15) is 5.26 Å². The first-order valence-corrected chi connectivity index (χ1v) is 10.7. The Bertz CT molecular complexity index is 1250. The van der Waals surface area contributed by atoms with E-state index < -0.39 is 0 Å². The highest BCUT2D eigenvalue weighted by Crippen LogP contribution is 2.28. The molecule has 3 aromatic carbocycles. The molecule has 1 N–H and O–H groups in total. The van der Waals surface area contributed by atoms with Gasteiger partial charge in [-0.3, -0.25) is 9.36 Å². The number of para-hydroxylation sites is 1. The van der Waals surface area contributed by atoms with Gasteiger partial charge in [0.2, 0.25) is 5.91 Å². The lowest BCUT2D eigenvalue weighted by molar-refractivity contribution is -0.113. The number of aromatic nitrogens is 3. The second-order valence-electron chi connectivity index (χ2n) is 6.51. The summed E-state index contributed by atoms with van der Waals surface area (Å²) in [6.07, 6.45) is 0. The summed E-state index contributed by atoms with van der Waals surface area (Å²) in [6, 6.07) is 25.9. The van der Waals surface area contributed by atoms with Gasteiger partial charge in [0.1, 0.15) is 0 Å². The van der Waals surface area contributed by atoms with Crippen LogP contribution >= 0.6 is 23.4 Å². The van der Waals surface area contributed by atoms with Gasteiger partial charge in [0.05, 0.1) is 17.4 Å². The maximum absolute atomic E-state index is 12.5. The van der Waals surface area contributed by atoms with Crippen LogP contribution in [-0.4, -0.2) is 26.4 Å². The van der Waals surface area contributed by atoms with Crippen LogP contribution < -0.4 is 5.32 Å². The molecule has 0 aliphatic heterocycles. The van der Waals surface area contributed by atoms with Gasteiger partial charge in [0.15, 0.2) is 11.0 Å². The predicted molar refractivity (Wildman–Crippen MR) is 122 cm³/mol. The van der Waals surface area contributed by atoms with Crippen LogP contribution in [0.25, 0.3) is 17.1 Å². The van der Waals surface area contributed by atoms with Crippen LogP contribution in [0, 0.1) is 11.3 Å². The van der Waals surface area contributed by atoms with Crippen molar-refractivity contribution in [2.45, 2.75) is 5.16 Å². The molecular formula is C23H16ClN5OS. The molecule has 0 saturated carbocycles. The van der Waals surface area contributed by atoms with E-state index in [1.54, 1.807) is 36.4 Å². The Balaban J connectivity index is 1.57. The van der Waals surface area contributed by atoms with Crippen LogP contribution in [0.2, 0.25) is 5.02 Å². The fourth-order valence-electron chi connectivity index (χ4n) is 2.95. The Morgan fingerprint density at radius 2 is 1.81 bits per heavy atom. The third-order valence-electron chi connectivity index (χ3n) is 4.36. The summed E-state index contributed by atoms with van der Waals surface area (Å²) in [5.41, 5.74) is 2.82. The average molecular weight is 446 g/mol. The molecular weight excluding hydrogens is 430 g/mol. The molecule has 31 heavy (non-hydrogen) atoms. The van der Waals surface area contributed by atoms with Gasteiger partial charge in [-0.1, -0.05) is 47.6 Å². The smallest absolute Gasteiger partial charge is 0.234 e. The molecule has 0 unspecified atom stereocenters. The molecule has 0 spiro atoms. The number of nitriles is 1. The number of anilines is 1. The Kier molecular flexibility index (Phi) is 6.32. The predicted octanol–water partition coefficient (Wildman–Crippen LogP) is 5.19. The fourth-order valence-corrected chi connectivity index (χ4v) is 3.83. The van der Waals surface area contributed by atoms with Gasteiger partial charge in [-0.25, -0.2) is 0 Å². The SMILES string of the molecule is N#Cc1cccc(NC(=O)CSc2nnc(-c3ccc(Cl)cc3)n2-c2ccccc2)c1. The van der Waals surface area contributed by atoms with Crippen molar-refractivity contribution in [3.63, 3.8) is 0 Å². The Morgan fingerprint density at radius 1 is 1.03 bits per heavy atom. The molecule has 4 aromatic rings. The summed E-state index contributed by atoms with van der Waals surface area (Å²) in [6.45, 7) is 0. The molecule has 8 heteroatoms. The molecule has 4 rings (SSSR count). The lowest BCUT2D eigenvalue weighted by atomic mass is 10.2. The van der Waals surface area contributed by atoms with Crippen molar-refractivity contribution in [1.29, 1.82) is 5.26 Å². The minimum atomic E-state index is -0.198. The first kappa shape index (κ1) is 20.7. The summed E-state index contributed by atoms with van der Waals surface area (Å²) in [7, 11) is 0. The Hall–Kier alpha value is -3.60. The fraction of sp³-hybridized carbons (Fsp3) is 0.0435. The second kappa shape index (κ2) is 9.47. The van der Waals surface area contributed by atoms with Crippen molar-refractivity contribution in [2.75, 3.05) is 11.1 Å². The number of benzene rings is 3. The molecule has 0 aliphatic carbocycles. The lowest BCUT2D eigenvalue weighted by Crippen LogP contribution is -2.14. The summed E-state index contributed by atoms with van der Waals surface area (Å²) in [5.74, 6) is 0.603. The summed E-state index contributed by atoms with van der Waals surface area (Å²) in [5, 5.41) is 21.7. The van der Waals surface area contributed by atoms with Gasteiger partial charge in [0.25, 0.3) is 0 Å². The minimum Gasteiger partial charge on any atom is -0.325 e. The number of nitrogens with zero attached hydrogens (tertiary/aromatic N) is 4. The zero-order valence-corrected chi connectivity index (χ0v) is 17.8. The molecule has 0 aliphatic rings. The van der Waals surface area contributed by atoms with Crippen molar-refractivity contribution in [1.82, 2.24) is 14.8 Å². The largest absolute Gasteiger partial charge is 0.325 e. The standard InChI is InChI=1S/C23H16ClN5OS/c24-18-11-9-17(10-12-18)22-27-28-23(29(22)20-7-2-1-3-8-20)31-15-21(30)26-19-6-4-5-16(13-19)14-25/h1-13H,15H2,(H,26,30). The van der Waals surface area contributed by atoms with E-state index in [1.807, 2.05) is 47.0 Å². The van der Waals surface area contributed by atoms with E-state index in [-0.39, 0.29) is 11.7 Å². The number of carbonyl (C=O) groups is 1. The zero-order valence-electron chi connectivity index (χ0n) is 16.2.